The maximum absolute atomic E-state index is 13.9. The molecule has 0 spiro atoms. The smallest absolute Gasteiger partial charge is 0.357 e. The standard InChI is InChI=1S/C34H28N4O5S/c1-42-34(41)30-24(11-12-28(38-30)33(40)37-22-5-3-2-4-6-22)25-18-29-27(31-21(13-15-43-29)14-16-44-31)17-26(25)32(39)36-23-9-7-20(19-35)8-10-23/h2-12,14,16-18H,13,15,19,35H2,1H3,(H,36,39)(H,37,40). The van der Waals surface area contributed by atoms with Crippen LogP contribution < -0.4 is 21.1 Å². The number of rotatable bonds is 7. The van der Waals surface area contributed by atoms with E-state index in [1.54, 1.807) is 65.9 Å². The lowest BCUT2D eigenvalue weighted by molar-refractivity contribution is 0.0594. The van der Waals surface area contributed by atoms with Crippen molar-refractivity contribution in [2.75, 3.05) is 24.4 Å². The molecule has 0 bridgehead atoms. The van der Waals surface area contributed by atoms with Crippen LogP contribution in [0.1, 0.15) is 42.5 Å². The number of carbonyl (C=O) groups excluding carboxylic acids is 3. The normalized spacial score (nSPS) is 11.8. The molecule has 0 atom stereocenters. The zero-order valence-electron chi connectivity index (χ0n) is 23.8. The van der Waals surface area contributed by atoms with Crippen LogP contribution in [-0.2, 0) is 17.7 Å². The Kier molecular flexibility index (Phi) is 8.18. The summed E-state index contributed by atoms with van der Waals surface area (Å²) in [6.45, 7) is 0.838. The van der Waals surface area contributed by atoms with Crippen LogP contribution in [0.3, 0.4) is 0 Å². The molecule has 2 aromatic heterocycles. The van der Waals surface area contributed by atoms with E-state index >= 15 is 0 Å². The third kappa shape index (κ3) is 5.81. The molecule has 9 nitrogen and oxygen atoms in total. The second-order valence-corrected chi connectivity index (χ2v) is 10.9. The van der Waals surface area contributed by atoms with Gasteiger partial charge in [0.25, 0.3) is 11.8 Å². The van der Waals surface area contributed by atoms with Crippen LogP contribution >= 0.6 is 11.3 Å². The minimum Gasteiger partial charge on any atom is -0.493 e. The topological polar surface area (TPSA) is 133 Å². The number of hydrogen-bond acceptors (Lipinski definition) is 8. The molecule has 1 aliphatic rings. The summed E-state index contributed by atoms with van der Waals surface area (Å²) in [5.41, 5.74) is 10.7. The van der Waals surface area contributed by atoms with Crippen molar-refractivity contribution in [1.82, 2.24) is 4.98 Å². The van der Waals surface area contributed by atoms with E-state index in [2.05, 4.69) is 21.7 Å². The Morgan fingerprint density at radius 1 is 0.886 bits per heavy atom. The number of esters is 1. The summed E-state index contributed by atoms with van der Waals surface area (Å²) in [6, 6.07) is 24.9. The minimum atomic E-state index is -0.755. The number of para-hydroxylation sites is 1. The van der Waals surface area contributed by atoms with Gasteiger partial charge in [0.05, 0.1) is 13.7 Å². The van der Waals surface area contributed by atoms with E-state index in [4.69, 9.17) is 15.2 Å². The van der Waals surface area contributed by atoms with Crippen LogP contribution in [0.4, 0.5) is 11.4 Å². The number of benzene rings is 3. The molecule has 220 valence electrons. The maximum atomic E-state index is 13.9. The molecular formula is C34H28N4O5S. The number of nitrogens with one attached hydrogen (secondary N) is 2. The van der Waals surface area contributed by atoms with E-state index in [1.165, 1.54) is 13.2 Å². The number of ether oxygens (including phenoxy) is 2. The number of pyridine rings is 1. The molecule has 10 heteroatoms. The molecule has 0 saturated heterocycles. The number of anilines is 2. The highest BCUT2D eigenvalue weighted by atomic mass is 32.1. The predicted octanol–water partition coefficient (Wildman–Crippen LogP) is 6.16. The molecule has 0 aliphatic carbocycles. The van der Waals surface area contributed by atoms with E-state index in [0.29, 0.717) is 47.0 Å². The zero-order chi connectivity index (χ0) is 30.6. The van der Waals surface area contributed by atoms with Crippen molar-refractivity contribution in [2.45, 2.75) is 13.0 Å². The van der Waals surface area contributed by atoms with Crippen LogP contribution in [0.2, 0.25) is 0 Å². The molecule has 0 radical (unpaired) electrons. The van der Waals surface area contributed by atoms with Crippen molar-refractivity contribution < 1.29 is 23.9 Å². The maximum Gasteiger partial charge on any atom is 0.357 e. The number of fused-ring (bicyclic) bond motifs is 3. The first-order chi connectivity index (χ1) is 21.4. The summed E-state index contributed by atoms with van der Waals surface area (Å²) in [5, 5.41) is 7.76. The Morgan fingerprint density at radius 3 is 2.39 bits per heavy atom. The van der Waals surface area contributed by atoms with E-state index in [1.807, 2.05) is 23.6 Å². The fourth-order valence-corrected chi connectivity index (χ4v) is 6.00. The molecule has 3 aromatic carbocycles. The lowest BCUT2D eigenvalue weighted by Crippen LogP contribution is -2.18. The van der Waals surface area contributed by atoms with Crippen molar-refractivity contribution in [3.8, 4) is 27.3 Å². The Balaban J connectivity index is 1.47. The van der Waals surface area contributed by atoms with Gasteiger partial charge in [-0.1, -0.05) is 30.3 Å². The first kappa shape index (κ1) is 28.8. The van der Waals surface area contributed by atoms with Crippen LogP contribution in [0.5, 0.6) is 5.75 Å². The SMILES string of the molecule is COC(=O)c1nc(C(=O)Nc2ccccc2)ccc1-c1cc2c(cc1C(=O)Nc1ccc(CN)cc1)-c1sccc1CCO2. The first-order valence-corrected chi connectivity index (χ1v) is 14.8. The number of carbonyl (C=O) groups is 3. The molecule has 0 fully saturated rings. The fraction of sp³-hybridized carbons (Fsp3) is 0.118. The van der Waals surface area contributed by atoms with Crippen LogP contribution in [0.15, 0.2) is 90.3 Å². The van der Waals surface area contributed by atoms with E-state index in [-0.39, 0.29) is 11.4 Å². The van der Waals surface area contributed by atoms with Crippen molar-refractivity contribution >= 4 is 40.5 Å². The van der Waals surface area contributed by atoms with Crippen molar-refractivity contribution in [2.24, 2.45) is 5.73 Å². The summed E-state index contributed by atoms with van der Waals surface area (Å²) in [4.78, 5) is 45.5. The number of thiophene rings is 1. The Hall–Kier alpha value is -5.32. The monoisotopic (exact) mass is 604 g/mol. The quantitative estimate of drug-likeness (QED) is 0.190. The molecule has 0 unspecified atom stereocenters. The van der Waals surface area contributed by atoms with Gasteiger partial charge in [0.1, 0.15) is 11.4 Å². The lowest BCUT2D eigenvalue weighted by Gasteiger charge is -2.17. The molecular weight excluding hydrogens is 576 g/mol. The fourth-order valence-electron chi connectivity index (χ4n) is 5.02. The lowest BCUT2D eigenvalue weighted by atomic mass is 9.93. The molecule has 5 aromatic rings. The van der Waals surface area contributed by atoms with Gasteiger partial charge in [0.15, 0.2) is 5.69 Å². The van der Waals surface area contributed by atoms with Gasteiger partial charge in [-0.15, -0.1) is 11.3 Å². The average molecular weight is 605 g/mol. The number of nitrogens with zero attached hydrogens (tertiary/aromatic N) is 1. The van der Waals surface area contributed by atoms with Gasteiger partial charge in [-0.3, -0.25) is 9.59 Å². The van der Waals surface area contributed by atoms with Crippen LogP contribution in [0, 0.1) is 0 Å². The predicted molar refractivity (Wildman–Crippen MR) is 170 cm³/mol. The summed E-state index contributed by atoms with van der Waals surface area (Å²) in [7, 11) is 1.24. The minimum absolute atomic E-state index is 0.0123. The van der Waals surface area contributed by atoms with Gasteiger partial charge in [-0.2, -0.15) is 0 Å². The van der Waals surface area contributed by atoms with Gasteiger partial charge in [0.2, 0.25) is 0 Å². The van der Waals surface area contributed by atoms with Gasteiger partial charge >= 0.3 is 5.97 Å². The van der Waals surface area contributed by atoms with Gasteiger partial charge in [-0.25, -0.2) is 9.78 Å². The zero-order valence-corrected chi connectivity index (χ0v) is 24.6. The highest BCUT2D eigenvalue weighted by Crippen LogP contribution is 2.43. The number of aromatic nitrogens is 1. The average Bonchev–Trinajstić information content (AvgIpc) is 3.46. The highest BCUT2D eigenvalue weighted by Gasteiger charge is 2.27. The first-order valence-electron chi connectivity index (χ1n) is 13.9. The Bertz CT molecular complexity index is 1870. The van der Waals surface area contributed by atoms with E-state index in [9.17, 15) is 14.4 Å². The van der Waals surface area contributed by atoms with Gasteiger partial charge in [-0.05, 0) is 71.1 Å². The third-order valence-electron chi connectivity index (χ3n) is 7.26. The van der Waals surface area contributed by atoms with Gasteiger partial charge < -0.3 is 25.8 Å². The van der Waals surface area contributed by atoms with Gasteiger partial charge in [0, 0.05) is 51.5 Å². The second-order valence-electron chi connectivity index (χ2n) is 10.0. The van der Waals surface area contributed by atoms with Crippen LogP contribution in [-0.4, -0.2) is 36.5 Å². The molecule has 44 heavy (non-hydrogen) atoms. The Labute approximate surface area is 257 Å². The molecule has 0 saturated carbocycles. The van der Waals surface area contributed by atoms with Crippen LogP contribution in [0.25, 0.3) is 21.6 Å². The second kappa shape index (κ2) is 12.5. The Morgan fingerprint density at radius 2 is 1.64 bits per heavy atom. The largest absolute Gasteiger partial charge is 0.493 e. The molecule has 1 aliphatic heterocycles. The summed E-state index contributed by atoms with van der Waals surface area (Å²) in [6.07, 6.45) is 0.720. The number of methoxy groups -OCH3 is 1. The molecule has 6 rings (SSSR count). The summed E-state index contributed by atoms with van der Waals surface area (Å²) in [5.74, 6) is -1.07. The van der Waals surface area contributed by atoms with E-state index < -0.39 is 17.8 Å². The van der Waals surface area contributed by atoms with E-state index in [0.717, 1.165) is 28.0 Å². The number of hydrogen-bond donors (Lipinski definition) is 3. The molecule has 3 heterocycles. The van der Waals surface area contributed by atoms with Crippen molar-refractivity contribution in [3.63, 3.8) is 0 Å². The number of amides is 2. The summed E-state index contributed by atoms with van der Waals surface area (Å²) >= 11 is 1.57. The third-order valence-corrected chi connectivity index (χ3v) is 8.25. The number of nitrogens with two attached hydrogens (primary N) is 1. The highest BCUT2D eigenvalue weighted by molar-refractivity contribution is 7.13. The summed E-state index contributed by atoms with van der Waals surface area (Å²) < 4.78 is 11.2. The van der Waals surface area contributed by atoms with Crippen molar-refractivity contribution in [1.29, 1.82) is 0 Å². The molecule has 2 amide bonds. The van der Waals surface area contributed by atoms with Crippen molar-refractivity contribution in [3.05, 3.63) is 118 Å². The molecule has 4 N–H and O–H groups in total.